The van der Waals surface area contributed by atoms with E-state index in [1.807, 2.05) is 7.05 Å². The lowest BCUT2D eigenvalue weighted by Crippen LogP contribution is -2.41. The van der Waals surface area contributed by atoms with Crippen molar-refractivity contribution in [3.63, 3.8) is 0 Å². The van der Waals surface area contributed by atoms with Crippen molar-refractivity contribution in [3.05, 3.63) is 35.1 Å². The fraction of sp³-hybridized carbons (Fsp3) is 0.500. The first kappa shape index (κ1) is 13.0. The Balaban J connectivity index is 2.23. The highest BCUT2D eigenvalue weighted by Gasteiger charge is 2.30. The Morgan fingerprint density at radius 1 is 1.56 bits per heavy atom. The molecule has 1 aliphatic heterocycles. The average molecular weight is 250 g/mol. The Hall–Kier alpha value is -1.42. The molecule has 1 heterocycles. The van der Waals surface area contributed by atoms with E-state index in [9.17, 15) is 9.18 Å². The monoisotopic (exact) mass is 250 g/mol. The van der Waals surface area contributed by atoms with E-state index in [-0.39, 0.29) is 17.5 Å². The number of halogens is 1. The molecule has 1 amide bonds. The topological polar surface area (TPSA) is 32.3 Å². The molecule has 1 aromatic rings. The summed E-state index contributed by atoms with van der Waals surface area (Å²) in [6.07, 6.45) is 1.98. The second kappa shape index (κ2) is 5.48. The van der Waals surface area contributed by atoms with E-state index in [4.69, 9.17) is 0 Å². The number of nitrogens with one attached hydrogen (secondary N) is 1. The van der Waals surface area contributed by atoms with Gasteiger partial charge in [0.25, 0.3) is 5.91 Å². The number of likely N-dealkylation sites (tertiary alicyclic amines) is 1. The maximum Gasteiger partial charge on any atom is 0.257 e. The summed E-state index contributed by atoms with van der Waals surface area (Å²) in [7, 11) is 1.87. The molecular weight excluding hydrogens is 231 g/mol. The van der Waals surface area contributed by atoms with Crippen molar-refractivity contribution in [2.45, 2.75) is 25.8 Å². The predicted molar refractivity (Wildman–Crippen MR) is 69.1 cm³/mol. The summed E-state index contributed by atoms with van der Waals surface area (Å²) >= 11 is 0. The molecule has 0 unspecified atom stereocenters. The Bertz CT molecular complexity index is 447. The van der Waals surface area contributed by atoms with Gasteiger partial charge in [0.2, 0.25) is 0 Å². The van der Waals surface area contributed by atoms with Crippen molar-refractivity contribution in [2.75, 3.05) is 20.1 Å². The first-order valence-corrected chi connectivity index (χ1v) is 6.36. The molecule has 0 aliphatic carbocycles. The minimum absolute atomic E-state index is 0.183. The van der Waals surface area contributed by atoms with Gasteiger partial charge in [-0.2, -0.15) is 0 Å². The molecule has 98 valence electrons. The molecule has 18 heavy (non-hydrogen) atoms. The number of hydrogen-bond donors (Lipinski definition) is 1. The van der Waals surface area contributed by atoms with Gasteiger partial charge in [-0.25, -0.2) is 4.39 Å². The molecule has 1 saturated heterocycles. The number of hydrogen-bond acceptors (Lipinski definition) is 2. The molecule has 1 atom stereocenters. The normalized spacial score (nSPS) is 19.3. The van der Waals surface area contributed by atoms with E-state index < -0.39 is 5.82 Å². The molecule has 1 aliphatic rings. The average Bonchev–Trinajstić information content (AvgIpc) is 2.80. The van der Waals surface area contributed by atoms with Crippen LogP contribution >= 0.6 is 0 Å². The van der Waals surface area contributed by atoms with Gasteiger partial charge in [0, 0.05) is 19.1 Å². The van der Waals surface area contributed by atoms with Crippen LogP contribution in [0.15, 0.2) is 18.2 Å². The van der Waals surface area contributed by atoms with E-state index >= 15 is 0 Å². The van der Waals surface area contributed by atoms with Crippen LogP contribution in [0.1, 0.15) is 28.8 Å². The van der Waals surface area contributed by atoms with Crippen molar-refractivity contribution in [1.82, 2.24) is 10.2 Å². The van der Waals surface area contributed by atoms with Crippen LogP contribution in [0.25, 0.3) is 0 Å². The molecule has 0 bridgehead atoms. The minimum atomic E-state index is -0.391. The van der Waals surface area contributed by atoms with Crippen LogP contribution in [0.2, 0.25) is 0 Å². The third-order valence-corrected chi connectivity index (χ3v) is 3.50. The highest BCUT2D eigenvalue weighted by molar-refractivity contribution is 5.95. The number of benzene rings is 1. The maximum atomic E-state index is 14.0. The zero-order valence-electron chi connectivity index (χ0n) is 10.9. The van der Waals surface area contributed by atoms with E-state index in [1.165, 1.54) is 0 Å². The van der Waals surface area contributed by atoms with Gasteiger partial charge in [-0.1, -0.05) is 12.1 Å². The van der Waals surface area contributed by atoms with Crippen LogP contribution in [-0.4, -0.2) is 37.0 Å². The lowest BCUT2D eigenvalue weighted by atomic mass is 10.1. The molecule has 0 saturated carbocycles. The Morgan fingerprint density at radius 2 is 2.33 bits per heavy atom. The number of rotatable bonds is 3. The van der Waals surface area contributed by atoms with Crippen molar-refractivity contribution < 1.29 is 9.18 Å². The van der Waals surface area contributed by atoms with Crippen LogP contribution in [0.5, 0.6) is 0 Å². The van der Waals surface area contributed by atoms with Crippen LogP contribution in [0.4, 0.5) is 4.39 Å². The van der Waals surface area contributed by atoms with Crippen molar-refractivity contribution >= 4 is 5.91 Å². The summed E-state index contributed by atoms with van der Waals surface area (Å²) in [6.45, 7) is 3.17. The highest BCUT2D eigenvalue weighted by Crippen LogP contribution is 2.21. The van der Waals surface area contributed by atoms with Gasteiger partial charge in [0.1, 0.15) is 5.82 Å². The lowest BCUT2D eigenvalue weighted by Gasteiger charge is -2.25. The molecule has 1 fully saturated rings. The summed E-state index contributed by atoms with van der Waals surface area (Å²) < 4.78 is 14.0. The molecular formula is C14H19FN2O. The number of amides is 1. The number of nitrogens with zero attached hydrogens (tertiary/aromatic N) is 1. The van der Waals surface area contributed by atoms with Crippen molar-refractivity contribution in [1.29, 1.82) is 0 Å². The third-order valence-electron chi connectivity index (χ3n) is 3.50. The lowest BCUT2D eigenvalue weighted by molar-refractivity contribution is 0.0732. The largest absolute Gasteiger partial charge is 0.334 e. The number of carbonyl (C=O) groups excluding carboxylic acids is 1. The Labute approximate surface area is 107 Å². The number of carbonyl (C=O) groups is 1. The second-order valence-electron chi connectivity index (χ2n) is 4.79. The molecule has 0 spiro atoms. The molecule has 2 rings (SSSR count). The molecule has 1 N–H and O–H groups in total. The fourth-order valence-electron chi connectivity index (χ4n) is 2.52. The Morgan fingerprint density at radius 3 is 3.06 bits per heavy atom. The van der Waals surface area contributed by atoms with Gasteiger partial charge in [-0.15, -0.1) is 0 Å². The van der Waals surface area contributed by atoms with E-state index in [1.54, 1.807) is 30.0 Å². The fourth-order valence-corrected chi connectivity index (χ4v) is 2.52. The van der Waals surface area contributed by atoms with Crippen molar-refractivity contribution in [2.24, 2.45) is 0 Å². The molecule has 0 radical (unpaired) electrons. The third kappa shape index (κ3) is 2.38. The maximum absolute atomic E-state index is 14.0. The standard InChI is InChI=1S/C14H19FN2O/c1-10-5-3-7-12(13(10)15)14(18)17-8-4-6-11(17)9-16-2/h3,5,7,11,16H,4,6,8-9H2,1-2H3/t11-/m1/s1. The highest BCUT2D eigenvalue weighted by atomic mass is 19.1. The number of aryl methyl sites for hydroxylation is 1. The van der Waals surface area contributed by atoms with Crippen LogP contribution < -0.4 is 5.32 Å². The molecule has 1 aromatic carbocycles. The van der Waals surface area contributed by atoms with Gasteiger partial charge in [-0.3, -0.25) is 4.79 Å². The molecule has 0 aromatic heterocycles. The zero-order valence-corrected chi connectivity index (χ0v) is 10.9. The summed E-state index contributed by atoms with van der Waals surface area (Å²) in [4.78, 5) is 14.1. The van der Waals surface area contributed by atoms with E-state index in [0.29, 0.717) is 5.56 Å². The summed E-state index contributed by atoms with van der Waals surface area (Å²) in [5, 5.41) is 3.08. The smallest absolute Gasteiger partial charge is 0.257 e. The first-order valence-electron chi connectivity index (χ1n) is 6.36. The second-order valence-corrected chi connectivity index (χ2v) is 4.79. The quantitative estimate of drug-likeness (QED) is 0.889. The summed E-state index contributed by atoms with van der Waals surface area (Å²) in [5.74, 6) is -0.577. The number of likely N-dealkylation sites (N-methyl/N-ethyl adjacent to an activating group) is 1. The predicted octanol–water partition coefficient (Wildman–Crippen LogP) is 1.96. The van der Waals surface area contributed by atoms with Gasteiger partial charge < -0.3 is 10.2 Å². The summed E-state index contributed by atoms with van der Waals surface area (Å²) in [6, 6.07) is 5.16. The Kier molecular flexibility index (Phi) is 3.97. The van der Waals surface area contributed by atoms with E-state index in [2.05, 4.69) is 5.32 Å². The van der Waals surface area contributed by atoms with Gasteiger partial charge in [0.15, 0.2) is 0 Å². The summed E-state index contributed by atoms with van der Waals surface area (Å²) in [5.41, 5.74) is 0.711. The van der Waals surface area contributed by atoms with Crippen LogP contribution in [0, 0.1) is 12.7 Å². The van der Waals surface area contributed by atoms with Gasteiger partial charge >= 0.3 is 0 Å². The molecule has 3 nitrogen and oxygen atoms in total. The first-order chi connectivity index (χ1) is 8.65. The van der Waals surface area contributed by atoms with Gasteiger partial charge in [0.05, 0.1) is 5.56 Å². The van der Waals surface area contributed by atoms with Crippen LogP contribution in [-0.2, 0) is 0 Å². The van der Waals surface area contributed by atoms with Gasteiger partial charge in [-0.05, 0) is 38.4 Å². The molecule has 4 heteroatoms. The SMILES string of the molecule is CNC[C@H]1CCCN1C(=O)c1cccc(C)c1F. The van der Waals surface area contributed by atoms with Crippen LogP contribution in [0.3, 0.4) is 0 Å². The zero-order chi connectivity index (χ0) is 13.1. The van der Waals surface area contributed by atoms with E-state index in [0.717, 1.165) is 25.9 Å². The van der Waals surface area contributed by atoms with Crippen molar-refractivity contribution in [3.8, 4) is 0 Å². The minimum Gasteiger partial charge on any atom is -0.334 e.